The van der Waals surface area contributed by atoms with Crippen molar-refractivity contribution in [1.29, 1.82) is 0 Å². The number of nitrogens with zero attached hydrogens (tertiary/aromatic N) is 6. The monoisotopic (exact) mass is 567 g/mol. The van der Waals surface area contributed by atoms with E-state index in [4.69, 9.17) is 9.15 Å². The molecule has 41 heavy (non-hydrogen) atoms. The molecule has 11 nitrogen and oxygen atoms in total. The molecule has 1 saturated heterocycles. The number of carbonyl (C=O) groups is 2. The number of furan rings is 1. The Morgan fingerprint density at radius 2 is 1.85 bits per heavy atom. The highest BCUT2D eigenvalue weighted by Gasteiger charge is 2.33. The third kappa shape index (κ3) is 7.76. The molecule has 1 aromatic carbocycles. The number of hydrogen-bond donors (Lipinski definition) is 1. The van der Waals surface area contributed by atoms with E-state index < -0.39 is 11.9 Å². The maximum absolute atomic E-state index is 13.9. The summed E-state index contributed by atoms with van der Waals surface area (Å²) < 4.78 is 24.9. The van der Waals surface area contributed by atoms with E-state index in [0.717, 1.165) is 51.7 Å². The van der Waals surface area contributed by atoms with Gasteiger partial charge in [-0.1, -0.05) is 31.4 Å². The number of aryl methyl sites for hydroxylation is 1. The molecular formula is C29H38FN7O4. The first-order chi connectivity index (χ1) is 20.0. The summed E-state index contributed by atoms with van der Waals surface area (Å²) in [6, 6.07) is 8.48. The molecule has 2 fully saturated rings. The van der Waals surface area contributed by atoms with Crippen molar-refractivity contribution in [2.45, 2.75) is 64.1 Å². The van der Waals surface area contributed by atoms with Gasteiger partial charge in [-0.25, -0.2) is 4.39 Å². The molecule has 5 rings (SSSR count). The van der Waals surface area contributed by atoms with Crippen molar-refractivity contribution >= 4 is 11.8 Å². The Hall–Kier alpha value is -3.64. The zero-order valence-corrected chi connectivity index (χ0v) is 23.5. The number of amides is 2. The summed E-state index contributed by atoms with van der Waals surface area (Å²) in [5, 5.41) is 15.6. The molecule has 0 unspecified atom stereocenters. The minimum atomic E-state index is -0.926. The zero-order chi connectivity index (χ0) is 28.6. The van der Waals surface area contributed by atoms with Crippen LogP contribution >= 0.6 is 0 Å². The lowest BCUT2D eigenvalue weighted by Gasteiger charge is -2.34. The standard InChI is InChI=1S/C29H38FN7O4/c1-21-8-13-25(41-21)28-32-34-37(33-28)20-26(38)36(15-5-14-35-16-18-40-19-17-35)27(22-9-11-23(30)12-10-22)29(39)31-24-6-3-2-4-7-24/h8-13,24,27H,2-7,14-20H2,1H3,(H,31,39)/t27-/m0/s1. The fourth-order valence-corrected chi connectivity index (χ4v) is 5.51. The van der Waals surface area contributed by atoms with Crippen LogP contribution in [0.15, 0.2) is 40.8 Å². The predicted octanol–water partition coefficient (Wildman–Crippen LogP) is 3.12. The van der Waals surface area contributed by atoms with E-state index in [1.807, 2.05) is 6.92 Å². The lowest BCUT2D eigenvalue weighted by Crippen LogP contribution is -2.48. The number of benzene rings is 1. The minimum absolute atomic E-state index is 0.0563. The number of halogens is 1. The lowest BCUT2D eigenvalue weighted by molar-refractivity contribution is -0.142. The van der Waals surface area contributed by atoms with Crippen molar-refractivity contribution < 1.29 is 23.1 Å². The van der Waals surface area contributed by atoms with Crippen molar-refractivity contribution in [3.05, 3.63) is 53.5 Å². The number of tetrazole rings is 1. The Morgan fingerprint density at radius 3 is 2.56 bits per heavy atom. The van der Waals surface area contributed by atoms with Crippen LogP contribution in [0.2, 0.25) is 0 Å². The number of carbonyl (C=O) groups excluding carboxylic acids is 2. The normalized spacial score (nSPS) is 17.3. The molecule has 220 valence electrons. The molecule has 1 aliphatic heterocycles. The quantitative estimate of drug-likeness (QED) is 0.376. The average Bonchev–Trinajstić information content (AvgIpc) is 3.63. The van der Waals surface area contributed by atoms with Crippen LogP contribution < -0.4 is 5.32 Å². The Morgan fingerprint density at radius 1 is 1.10 bits per heavy atom. The predicted molar refractivity (Wildman–Crippen MR) is 148 cm³/mol. The molecule has 2 aromatic heterocycles. The van der Waals surface area contributed by atoms with Crippen molar-refractivity contribution in [2.24, 2.45) is 0 Å². The van der Waals surface area contributed by atoms with Crippen LogP contribution in [0.1, 0.15) is 55.9 Å². The van der Waals surface area contributed by atoms with Gasteiger partial charge in [-0.2, -0.15) is 4.80 Å². The first-order valence-electron chi connectivity index (χ1n) is 14.5. The second-order valence-electron chi connectivity index (χ2n) is 10.7. The van der Waals surface area contributed by atoms with Crippen LogP contribution in [0.25, 0.3) is 11.6 Å². The van der Waals surface area contributed by atoms with Gasteiger partial charge in [-0.15, -0.1) is 10.2 Å². The molecule has 1 atom stereocenters. The molecule has 0 bridgehead atoms. The van der Waals surface area contributed by atoms with E-state index in [0.29, 0.717) is 43.3 Å². The van der Waals surface area contributed by atoms with E-state index in [1.165, 1.54) is 16.9 Å². The van der Waals surface area contributed by atoms with Crippen LogP contribution in [0.5, 0.6) is 0 Å². The summed E-state index contributed by atoms with van der Waals surface area (Å²) in [5.41, 5.74) is 0.553. The summed E-state index contributed by atoms with van der Waals surface area (Å²) >= 11 is 0. The maximum atomic E-state index is 13.9. The summed E-state index contributed by atoms with van der Waals surface area (Å²) in [6.07, 6.45) is 5.75. The topological polar surface area (TPSA) is 119 Å². The molecule has 1 saturated carbocycles. The molecule has 1 aliphatic carbocycles. The highest BCUT2D eigenvalue weighted by molar-refractivity contribution is 5.88. The second-order valence-corrected chi connectivity index (χ2v) is 10.7. The fraction of sp³-hybridized carbons (Fsp3) is 0.552. The van der Waals surface area contributed by atoms with E-state index in [2.05, 4.69) is 25.6 Å². The molecule has 3 aromatic rings. The van der Waals surface area contributed by atoms with Crippen LogP contribution in [0.3, 0.4) is 0 Å². The Labute approximate surface area is 239 Å². The Kier molecular flexibility index (Phi) is 9.73. The third-order valence-electron chi connectivity index (χ3n) is 7.68. The first-order valence-corrected chi connectivity index (χ1v) is 14.5. The number of hydrogen-bond acceptors (Lipinski definition) is 8. The van der Waals surface area contributed by atoms with Crippen molar-refractivity contribution in [2.75, 3.05) is 39.4 Å². The van der Waals surface area contributed by atoms with E-state index in [1.54, 1.807) is 29.2 Å². The third-order valence-corrected chi connectivity index (χ3v) is 7.68. The molecule has 2 aliphatic rings. The van der Waals surface area contributed by atoms with Gasteiger partial charge in [0.25, 0.3) is 0 Å². The number of ether oxygens (including phenoxy) is 1. The van der Waals surface area contributed by atoms with Crippen LogP contribution in [-0.4, -0.2) is 87.3 Å². The van der Waals surface area contributed by atoms with Gasteiger partial charge in [0.15, 0.2) is 5.76 Å². The Balaban J connectivity index is 1.38. The van der Waals surface area contributed by atoms with E-state index in [9.17, 15) is 14.0 Å². The van der Waals surface area contributed by atoms with Crippen molar-refractivity contribution in [3.63, 3.8) is 0 Å². The lowest BCUT2D eigenvalue weighted by atomic mass is 9.94. The van der Waals surface area contributed by atoms with Gasteiger partial charge in [0.1, 0.15) is 24.2 Å². The van der Waals surface area contributed by atoms with Crippen LogP contribution in [-0.2, 0) is 20.9 Å². The van der Waals surface area contributed by atoms with Gasteiger partial charge in [0.05, 0.1) is 13.2 Å². The van der Waals surface area contributed by atoms with E-state index in [-0.39, 0.29) is 30.2 Å². The largest absolute Gasteiger partial charge is 0.458 e. The number of nitrogens with one attached hydrogen (secondary N) is 1. The van der Waals surface area contributed by atoms with Gasteiger partial charge < -0.3 is 19.4 Å². The van der Waals surface area contributed by atoms with Gasteiger partial charge in [-0.05, 0) is 61.2 Å². The molecule has 0 radical (unpaired) electrons. The summed E-state index contributed by atoms with van der Waals surface area (Å²) in [6.45, 7) is 5.72. The molecule has 2 amide bonds. The number of aromatic nitrogens is 4. The van der Waals surface area contributed by atoms with Crippen molar-refractivity contribution in [1.82, 2.24) is 35.3 Å². The summed E-state index contributed by atoms with van der Waals surface area (Å²) in [5.74, 6) is 0.443. The molecular weight excluding hydrogens is 529 g/mol. The second kappa shape index (κ2) is 13.8. The maximum Gasteiger partial charge on any atom is 0.247 e. The molecule has 1 N–H and O–H groups in total. The summed E-state index contributed by atoms with van der Waals surface area (Å²) in [7, 11) is 0. The van der Waals surface area contributed by atoms with Gasteiger partial charge in [0.2, 0.25) is 17.6 Å². The molecule has 12 heteroatoms. The molecule has 0 spiro atoms. The zero-order valence-electron chi connectivity index (χ0n) is 23.5. The van der Waals surface area contributed by atoms with Gasteiger partial charge in [-0.3, -0.25) is 14.5 Å². The first kappa shape index (κ1) is 28.9. The van der Waals surface area contributed by atoms with Gasteiger partial charge in [0, 0.05) is 32.2 Å². The van der Waals surface area contributed by atoms with Gasteiger partial charge >= 0.3 is 0 Å². The van der Waals surface area contributed by atoms with Crippen LogP contribution in [0, 0.1) is 12.7 Å². The minimum Gasteiger partial charge on any atom is -0.458 e. The fourth-order valence-electron chi connectivity index (χ4n) is 5.51. The highest BCUT2D eigenvalue weighted by atomic mass is 19.1. The number of morpholine rings is 1. The molecule has 3 heterocycles. The average molecular weight is 568 g/mol. The Bertz CT molecular complexity index is 1280. The highest BCUT2D eigenvalue weighted by Crippen LogP contribution is 2.25. The number of rotatable bonds is 11. The van der Waals surface area contributed by atoms with E-state index >= 15 is 0 Å². The smallest absolute Gasteiger partial charge is 0.247 e. The SMILES string of the molecule is Cc1ccc(-c2nnn(CC(=O)N(CCCN3CCOCC3)[C@H](C(=O)NC3CCCCC3)c3ccc(F)cc3)n2)o1. The van der Waals surface area contributed by atoms with Crippen molar-refractivity contribution in [3.8, 4) is 11.6 Å². The summed E-state index contributed by atoms with van der Waals surface area (Å²) in [4.78, 5) is 32.9. The van der Waals surface area contributed by atoms with Crippen LogP contribution in [0.4, 0.5) is 4.39 Å².